The summed E-state index contributed by atoms with van der Waals surface area (Å²) in [5.41, 5.74) is 6.46. The number of carbonyl (C=O) groups is 1. The van der Waals surface area contributed by atoms with Crippen LogP contribution in [0.4, 0.5) is 4.79 Å². The van der Waals surface area contributed by atoms with Gasteiger partial charge in [0, 0.05) is 19.6 Å². The minimum atomic E-state index is -0.422. The van der Waals surface area contributed by atoms with Gasteiger partial charge in [-0.2, -0.15) is 0 Å². The van der Waals surface area contributed by atoms with Crippen LogP contribution in [0.5, 0.6) is 0 Å². The highest BCUT2D eigenvalue weighted by Gasteiger charge is 2.20. The van der Waals surface area contributed by atoms with Gasteiger partial charge in [-0.15, -0.1) is 11.3 Å². The second-order valence-corrected chi connectivity index (χ2v) is 7.04. The molecule has 0 unspecified atom stereocenters. The quantitative estimate of drug-likeness (QED) is 0.889. The topological polar surface area (TPSA) is 58.4 Å². The number of nitrogens with two attached hydrogens (primary N) is 1. The Labute approximate surface area is 120 Å². The van der Waals surface area contributed by atoms with Gasteiger partial charge in [0.15, 0.2) is 0 Å². The Morgan fingerprint density at radius 1 is 1.67 bits per heavy atom. The third-order valence-electron chi connectivity index (χ3n) is 3.20. The summed E-state index contributed by atoms with van der Waals surface area (Å²) >= 11 is 5.21. The fraction of sp³-hybridized carbons (Fsp3) is 0.583. The summed E-state index contributed by atoms with van der Waals surface area (Å²) in [5, 5.41) is 4.90. The summed E-state index contributed by atoms with van der Waals surface area (Å²) in [7, 11) is 0. The van der Waals surface area contributed by atoms with Crippen LogP contribution in [0.25, 0.3) is 0 Å². The molecule has 1 aliphatic rings. The van der Waals surface area contributed by atoms with Gasteiger partial charge in [-0.25, -0.2) is 4.79 Å². The van der Waals surface area contributed by atoms with Gasteiger partial charge in [-0.05, 0) is 58.2 Å². The van der Waals surface area contributed by atoms with Crippen LogP contribution >= 0.6 is 27.3 Å². The van der Waals surface area contributed by atoms with Crippen LogP contribution in [-0.4, -0.2) is 30.6 Å². The average Bonchev–Trinajstić information content (AvgIpc) is 2.73. The van der Waals surface area contributed by atoms with E-state index in [0.29, 0.717) is 12.5 Å². The standard InChI is InChI=1S/C12H18BrN3OS/c13-11-4-10(8-18-11)7-16-3-1-2-9(6-16)5-15-12(14)17/h4,8-9H,1-3,5-7H2,(H3,14,15,17)/t9-/m1/s1. The van der Waals surface area contributed by atoms with Gasteiger partial charge >= 0.3 is 6.03 Å². The molecule has 1 aromatic heterocycles. The highest BCUT2D eigenvalue weighted by Crippen LogP contribution is 2.24. The molecule has 3 N–H and O–H groups in total. The van der Waals surface area contributed by atoms with Gasteiger partial charge in [0.05, 0.1) is 3.79 Å². The normalized spacial score (nSPS) is 20.8. The Bertz CT molecular complexity index is 410. The van der Waals surface area contributed by atoms with E-state index in [1.54, 1.807) is 11.3 Å². The molecule has 0 spiro atoms. The number of piperidine rings is 1. The van der Waals surface area contributed by atoms with E-state index in [-0.39, 0.29) is 0 Å². The molecule has 2 rings (SSSR count). The Morgan fingerprint density at radius 3 is 3.17 bits per heavy atom. The molecule has 100 valence electrons. The number of hydrogen-bond acceptors (Lipinski definition) is 3. The zero-order valence-corrected chi connectivity index (χ0v) is 12.6. The van der Waals surface area contributed by atoms with E-state index in [0.717, 1.165) is 19.6 Å². The van der Waals surface area contributed by atoms with Crippen LogP contribution in [0.1, 0.15) is 18.4 Å². The number of likely N-dealkylation sites (tertiary alicyclic amines) is 1. The van der Waals surface area contributed by atoms with Crippen molar-refractivity contribution in [3.05, 3.63) is 20.8 Å². The van der Waals surface area contributed by atoms with Crippen molar-refractivity contribution in [1.29, 1.82) is 0 Å². The summed E-state index contributed by atoms with van der Waals surface area (Å²) in [6.45, 7) is 3.86. The zero-order chi connectivity index (χ0) is 13.0. The molecule has 1 fully saturated rings. The van der Waals surface area contributed by atoms with Gasteiger partial charge < -0.3 is 11.1 Å². The Morgan fingerprint density at radius 2 is 2.50 bits per heavy atom. The first kappa shape index (κ1) is 13.8. The SMILES string of the molecule is NC(=O)NC[C@H]1CCCN(Cc2csc(Br)c2)C1. The minimum Gasteiger partial charge on any atom is -0.352 e. The second-order valence-electron chi connectivity index (χ2n) is 4.75. The Hall–Kier alpha value is -0.590. The van der Waals surface area contributed by atoms with Crippen molar-refractivity contribution in [2.24, 2.45) is 11.7 Å². The number of urea groups is 1. The fourth-order valence-electron chi connectivity index (χ4n) is 2.39. The van der Waals surface area contributed by atoms with Crippen LogP contribution in [0.2, 0.25) is 0 Å². The van der Waals surface area contributed by atoms with Crippen LogP contribution < -0.4 is 11.1 Å². The average molecular weight is 332 g/mol. The molecule has 2 heterocycles. The third kappa shape index (κ3) is 4.26. The first-order valence-corrected chi connectivity index (χ1v) is 7.79. The van der Waals surface area contributed by atoms with Gasteiger partial charge in [-0.3, -0.25) is 4.90 Å². The van der Waals surface area contributed by atoms with Gasteiger partial charge in [-0.1, -0.05) is 0 Å². The molecule has 4 nitrogen and oxygen atoms in total. The second kappa shape index (κ2) is 6.54. The van der Waals surface area contributed by atoms with E-state index in [4.69, 9.17) is 5.73 Å². The number of hydrogen-bond donors (Lipinski definition) is 2. The first-order chi connectivity index (χ1) is 8.63. The van der Waals surface area contributed by atoms with Crippen LogP contribution in [0, 0.1) is 5.92 Å². The van der Waals surface area contributed by atoms with Crippen molar-refractivity contribution < 1.29 is 4.79 Å². The zero-order valence-electron chi connectivity index (χ0n) is 10.2. The lowest BCUT2D eigenvalue weighted by Gasteiger charge is -2.32. The summed E-state index contributed by atoms with van der Waals surface area (Å²) in [6.07, 6.45) is 2.36. The monoisotopic (exact) mass is 331 g/mol. The lowest BCUT2D eigenvalue weighted by atomic mass is 9.98. The molecule has 18 heavy (non-hydrogen) atoms. The maximum atomic E-state index is 10.7. The third-order valence-corrected chi connectivity index (χ3v) is 4.75. The van der Waals surface area contributed by atoms with Crippen molar-refractivity contribution in [2.75, 3.05) is 19.6 Å². The summed E-state index contributed by atoms with van der Waals surface area (Å²) in [4.78, 5) is 13.2. The maximum absolute atomic E-state index is 10.7. The molecule has 1 aromatic rings. The lowest BCUT2D eigenvalue weighted by Crippen LogP contribution is -2.41. The largest absolute Gasteiger partial charge is 0.352 e. The van der Waals surface area contributed by atoms with E-state index in [2.05, 4.69) is 37.6 Å². The minimum absolute atomic E-state index is 0.422. The number of amides is 2. The molecule has 1 saturated heterocycles. The smallest absolute Gasteiger partial charge is 0.312 e. The van der Waals surface area contributed by atoms with Crippen LogP contribution in [0.15, 0.2) is 15.2 Å². The number of nitrogens with one attached hydrogen (secondary N) is 1. The summed E-state index contributed by atoms with van der Waals surface area (Å²) in [6, 6.07) is 1.75. The molecule has 0 aliphatic carbocycles. The molecule has 0 bridgehead atoms. The maximum Gasteiger partial charge on any atom is 0.312 e. The van der Waals surface area contributed by atoms with E-state index in [9.17, 15) is 4.79 Å². The molecule has 1 atom stereocenters. The molecular weight excluding hydrogens is 314 g/mol. The van der Waals surface area contributed by atoms with E-state index < -0.39 is 6.03 Å². The Balaban J connectivity index is 1.81. The first-order valence-electron chi connectivity index (χ1n) is 6.12. The van der Waals surface area contributed by atoms with Crippen LogP contribution in [0.3, 0.4) is 0 Å². The van der Waals surface area contributed by atoms with Crippen molar-refractivity contribution >= 4 is 33.3 Å². The highest BCUT2D eigenvalue weighted by molar-refractivity contribution is 9.11. The molecule has 0 radical (unpaired) electrons. The van der Waals surface area contributed by atoms with Crippen molar-refractivity contribution in [2.45, 2.75) is 19.4 Å². The number of nitrogens with zero attached hydrogens (tertiary/aromatic N) is 1. The van der Waals surface area contributed by atoms with E-state index in [1.807, 2.05) is 0 Å². The summed E-state index contributed by atoms with van der Waals surface area (Å²) in [5.74, 6) is 0.522. The highest BCUT2D eigenvalue weighted by atomic mass is 79.9. The molecule has 0 saturated carbocycles. The molecule has 0 aromatic carbocycles. The molecule has 1 aliphatic heterocycles. The fourth-order valence-corrected chi connectivity index (χ4v) is 3.59. The van der Waals surface area contributed by atoms with Crippen LogP contribution in [-0.2, 0) is 6.54 Å². The van der Waals surface area contributed by atoms with Gasteiger partial charge in [0.2, 0.25) is 0 Å². The Kier molecular flexibility index (Phi) is 5.03. The van der Waals surface area contributed by atoms with Gasteiger partial charge in [0.1, 0.15) is 0 Å². The van der Waals surface area contributed by atoms with Gasteiger partial charge in [0.25, 0.3) is 0 Å². The van der Waals surface area contributed by atoms with Crippen molar-refractivity contribution in [3.8, 4) is 0 Å². The summed E-state index contributed by atoms with van der Waals surface area (Å²) < 4.78 is 1.18. The predicted molar refractivity (Wildman–Crippen MR) is 77.6 cm³/mol. The van der Waals surface area contributed by atoms with Crippen molar-refractivity contribution in [3.63, 3.8) is 0 Å². The number of rotatable bonds is 4. The van der Waals surface area contributed by atoms with Crippen molar-refractivity contribution in [1.82, 2.24) is 10.2 Å². The number of carbonyl (C=O) groups excluding carboxylic acids is 1. The molecular formula is C12H18BrN3OS. The predicted octanol–water partition coefficient (Wildman–Crippen LogP) is 2.39. The van der Waals surface area contributed by atoms with E-state index >= 15 is 0 Å². The number of halogens is 1. The number of primary amides is 1. The lowest BCUT2D eigenvalue weighted by molar-refractivity contribution is 0.166. The van der Waals surface area contributed by atoms with E-state index in [1.165, 1.54) is 22.2 Å². The number of thiophene rings is 1. The molecule has 2 amide bonds. The molecule has 6 heteroatoms.